The van der Waals surface area contributed by atoms with Gasteiger partial charge >= 0.3 is 5.97 Å². The van der Waals surface area contributed by atoms with Crippen molar-refractivity contribution in [1.82, 2.24) is 5.32 Å². The number of hydrogen-bond donors (Lipinski definition) is 3. The van der Waals surface area contributed by atoms with Gasteiger partial charge in [0.2, 0.25) is 0 Å². The van der Waals surface area contributed by atoms with E-state index in [9.17, 15) is 9.59 Å². The molecule has 1 amide bonds. The number of nitrogens with one attached hydrogen (secondary N) is 1. The average Bonchev–Trinajstić information content (AvgIpc) is 2.30. The van der Waals surface area contributed by atoms with Gasteiger partial charge in [0.15, 0.2) is 0 Å². The lowest BCUT2D eigenvalue weighted by Crippen LogP contribution is -2.33. The predicted molar refractivity (Wildman–Crippen MR) is 69.4 cm³/mol. The molecule has 0 aliphatic heterocycles. The van der Waals surface area contributed by atoms with Crippen LogP contribution in [-0.2, 0) is 4.79 Å². The van der Waals surface area contributed by atoms with Gasteiger partial charge in [-0.2, -0.15) is 0 Å². The first-order valence-corrected chi connectivity index (χ1v) is 5.79. The van der Waals surface area contributed by atoms with Gasteiger partial charge in [-0.3, -0.25) is 9.59 Å². The maximum absolute atomic E-state index is 11.8. The largest absolute Gasteiger partial charge is 0.481 e. The number of nitrogens with two attached hydrogens (primary N) is 1. The summed E-state index contributed by atoms with van der Waals surface area (Å²) in [5, 5.41) is 11.3. The van der Waals surface area contributed by atoms with E-state index in [1.807, 2.05) is 6.92 Å². The summed E-state index contributed by atoms with van der Waals surface area (Å²) in [5.41, 5.74) is 7.71. The predicted octanol–water partition coefficient (Wildman–Crippen LogP) is 1.56. The Morgan fingerprint density at radius 1 is 1.44 bits per heavy atom. The van der Waals surface area contributed by atoms with Crippen LogP contribution in [0.1, 0.15) is 35.7 Å². The first kappa shape index (κ1) is 14.0. The minimum atomic E-state index is -0.865. The van der Waals surface area contributed by atoms with Crippen LogP contribution in [-0.4, -0.2) is 23.0 Å². The molecule has 1 aromatic rings. The van der Waals surface area contributed by atoms with Crippen molar-refractivity contribution in [1.29, 1.82) is 0 Å². The van der Waals surface area contributed by atoms with Crippen LogP contribution in [0.15, 0.2) is 18.2 Å². The first-order valence-electron chi connectivity index (χ1n) is 5.79. The van der Waals surface area contributed by atoms with Gasteiger partial charge in [0, 0.05) is 23.7 Å². The summed E-state index contributed by atoms with van der Waals surface area (Å²) in [4.78, 5) is 22.3. The van der Waals surface area contributed by atoms with E-state index in [2.05, 4.69) is 5.32 Å². The number of benzene rings is 1. The van der Waals surface area contributed by atoms with Crippen LogP contribution in [0, 0.1) is 6.92 Å². The fourth-order valence-electron chi connectivity index (χ4n) is 1.50. The lowest BCUT2D eigenvalue weighted by molar-refractivity contribution is -0.137. The molecule has 1 atom stereocenters. The van der Waals surface area contributed by atoms with Crippen LogP contribution in [0.5, 0.6) is 0 Å². The Labute approximate surface area is 106 Å². The number of aliphatic carboxylic acids is 1. The minimum absolute atomic E-state index is 0.0392. The van der Waals surface area contributed by atoms with Gasteiger partial charge in [-0.15, -0.1) is 0 Å². The molecular formula is C13H18N2O3. The quantitative estimate of drug-likeness (QED) is 0.691. The third-order valence-corrected chi connectivity index (χ3v) is 2.71. The lowest BCUT2D eigenvalue weighted by atomic mass is 10.1. The van der Waals surface area contributed by atoms with E-state index in [4.69, 9.17) is 10.8 Å². The Hall–Kier alpha value is -2.04. The van der Waals surface area contributed by atoms with E-state index >= 15 is 0 Å². The van der Waals surface area contributed by atoms with Gasteiger partial charge in [-0.05, 0) is 38.0 Å². The van der Waals surface area contributed by atoms with Crippen LogP contribution in [0.25, 0.3) is 0 Å². The van der Waals surface area contributed by atoms with Crippen LogP contribution in [0.3, 0.4) is 0 Å². The summed E-state index contributed by atoms with van der Waals surface area (Å²) in [7, 11) is 0. The third-order valence-electron chi connectivity index (χ3n) is 2.71. The molecule has 0 fully saturated rings. The highest BCUT2D eigenvalue weighted by Gasteiger charge is 2.11. The molecule has 0 aliphatic rings. The van der Waals surface area contributed by atoms with E-state index in [1.54, 1.807) is 25.1 Å². The maximum atomic E-state index is 11.8. The van der Waals surface area contributed by atoms with Crippen molar-refractivity contribution in [2.45, 2.75) is 32.7 Å². The molecule has 0 saturated carbocycles. The zero-order chi connectivity index (χ0) is 13.7. The van der Waals surface area contributed by atoms with E-state index in [0.29, 0.717) is 17.7 Å². The van der Waals surface area contributed by atoms with Crippen LogP contribution in [0.2, 0.25) is 0 Å². The lowest BCUT2D eigenvalue weighted by Gasteiger charge is -2.13. The minimum Gasteiger partial charge on any atom is -0.481 e. The number of nitrogen functional groups attached to an aromatic ring is 1. The summed E-state index contributed by atoms with van der Waals surface area (Å²) >= 11 is 0. The Bertz CT molecular complexity index is 458. The monoisotopic (exact) mass is 250 g/mol. The van der Waals surface area contributed by atoms with Gasteiger partial charge in [0.1, 0.15) is 0 Å². The van der Waals surface area contributed by atoms with Crippen molar-refractivity contribution in [3.8, 4) is 0 Å². The average molecular weight is 250 g/mol. The van der Waals surface area contributed by atoms with Crippen LogP contribution < -0.4 is 11.1 Å². The van der Waals surface area contributed by atoms with Gasteiger partial charge in [0.25, 0.3) is 5.91 Å². The molecule has 0 spiro atoms. The molecule has 0 bridgehead atoms. The Kier molecular flexibility index (Phi) is 4.71. The molecule has 0 radical (unpaired) electrons. The molecular weight excluding hydrogens is 232 g/mol. The third kappa shape index (κ3) is 4.08. The molecule has 4 N–H and O–H groups in total. The number of carbonyl (C=O) groups is 2. The Morgan fingerprint density at radius 3 is 2.67 bits per heavy atom. The first-order chi connectivity index (χ1) is 8.40. The van der Waals surface area contributed by atoms with Gasteiger partial charge in [0.05, 0.1) is 0 Å². The molecule has 1 unspecified atom stereocenters. The number of carboxylic acids is 1. The van der Waals surface area contributed by atoms with Crippen molar-refractivity contribution in [2.75, 3.05) is 5.73 Å². The Morgan fingerprint density at radius 2 is 2.11 bits per heavy atom. The second kappa shape index (κ2) is 6.05. The second-order valence-corrected chi connectivity index (χ2v) is 4.38. The summed E-state index contributed by atoms with van der Waals surface area (Å²) in [6.07, 6.45) is 0.444. The van der Waals surface area contributed by atoms with Crippen molar-refractivity contribution in [2.24, 2.45) is 0 Å². The molecule has 0 aliphatic carbocycles. The molecule has 0 aromatic heterocycles. The SMILES string of the molecule is Cc1ccc(C(=O)NC(C)CCC(=O)O)cc1N. The molecule has 1 aromatic carbocycles. The molecule has 0 saturated heterocycles. The maximum Gasteiger partial charge on any atom is 0.303 e. The standard InChI is InChI=1S/C13H18N2O3/c1-8-3-5-10(7-11(8)14)13(18)15-9(2)4-6-12(16)17/h3,5,7,9H,4,6,14H2,1-2H3,(H,15,18)(H,16,17). The van der Waals surface area contributed by atoms with Gasteiger partial charge < -0.3 is 16.2 Å². The number of amides is 1. The number of rotatable bonds is 5. The highest BCUT2D eigenvalue weighted by molar-refractivity contribution is 5.95. The van der Waals surface area contributed by atoms with E-state index in [0.717, 1.165) is 5.56 Å². The van der Waals surface area contributed by atoms with Gasteiger partial charge in [-0.25, -0.2) is 0 Å². The second-order valence-electron chi connectivity index (χ2n) is 4.38. The van der Waals surface area contributed by atoms with Crippen LogP contribution >= 0.6 is 0 Å². The number of hydrogen-bond acceptors (Lipinski definition) is 3. The van der Waals surface area contributed by atoms with Crippen molar-refractivity contribution in [3.63, 3.8) is 0 Å². The van der Waals surface area contributed by atoms with E-state index in [1.165, 1.54) is 0 Å². The highest BCUT2D eigenvalue weighted by atomic mass is 16.4. The Balaban J connectivity index is 2.59. The zero-order valence-electron chi connectivity index (χ0n) is 10.6. The number of carboxylic acid groups (broad SMARTS) is 1. The normalized spacial score (nSPS) is 11.9. The fourth-order valence-corrected chi connectivity index (χ4v) is 1.50. The molecule has 5 nitrogen and oxygen atoms in total. The van der Waals surface area contributed by atoms with Crippen molar-refractivity contribution >= 4 is 17.6 Å². The molecule has 98 valence electrons. The molecule has 0 heterocycles. The highest BCUT2D eigenvalue weighted by Crippen LogP contribution is 2.13. The molecule has 1 rings (SSSR count). The van der Waals surface area contributed by atoms with E-state index in [-0.39, 0.29) is 18.4 Å². The summed E-state index contributed by atoms with van der Waals surface area (Å²) in [6, 6.07) is 4.92. The van der Waals surface area contributed by atoms with Crippen molar-refractivity contribution in [3.05, 3.63) is 29.3 Å². The van der Waals surface area contributed by atoms with Crippen LogP contribution in [0.4, 0.5) is 5.69 Å². The van der Waals surface area contributed by atoms with Crippen molar-refractivity contribution < 1.29 is 14.7 Å². The summed E-state index contributed by atoms with van der Waals surface area (Å²) in [5.74, 6) is -1.10. The smallest absolute Gasteiger partial charge is 0.303 e. The summed E-state index contributed by atoms with van der Waals surface area (Å²) < 4.78 is 0. The topological polar surface area (TPSA) is 92.4 Å². The zero-order valence-corrected chi connectivity index (χ0v) is 10.6. The number of carbonyl (C=O) groups excluding carboxylic acids is 1. The molecule has 18 heavy (non-hydrogen) atoms. The fraction of sp³-hybridized carbons (Fsp3) is 0.385. The molecule has 5 heteroatoms. The van der Waals surface area contributed by atoms with Gasteiger partial charge in [-0.1, -0.05) is 6.07 Å². The summed E-state index contributed by atoms with van der Waals surface area (Å²) in [6.45, 7) is 3.64. The number of aryl methyl sites for hydroxylation is 1. The number of anilines is 1. The van der Waals surface area contributed by atoms with E-state index < -0.39 is 5.97 Å².